The largest absolute Gasteiger partial charge is 0.419 e. The smallest absolute Gasteiger partial charge is 0.247 e. The molecular formula is C18H22N6O. The second-order valence-electron chi connectivity index (χ2n) is 6.61. The average Bonchev–Trinajstić information content (AvgIpc) is 3.34. The molecule has 3 heterocycles. The Labute approximate surface area is 146 Å². The SMILES string of the molecule is C[C@H](c1nnc(-c2ccccc2)o1)N1CCC[C@H](Cn2cncn2)C1. The van der Waals surface area contributed by atoms with Gasteiger partial charge in [0, 0.05) is 18.7 Å². The van der Waals surface area contributed by atoms with Gasteiger partial charge in [-0.15, -0.1) is 10.2 Å². The molecule has 1 fully saturated rings. The Morgan fingerprint density at radius 1 is 1.24 bits per heavy atom. The van der Waals surface area contributed by atoms with Gasteiger partial charge < -0.3 is 4.42 Å². The Morgan fingerprint density at radius 2 is 2.12 bits per heavy atom. The number of benzene rings is 1. The van der Waals surface area contributed by atoms with E-state index in [0.717, 1.165) is 25.2 Å². The fourth-order valence-electron chi connectivity index (χ4n) is 3.45. The van der Waals surface area contributed by atoms with Gasteiger partial charge in [-0.05, 0) is 44.4 Å². The van der Waals surface area contributed by atoms with Gasteiger partial charge in [0.2, 0.25) is 11.8 Å². The van der Waals surface area contributed by atoms with Crippen molar-refractivity contribution in [2.75, 3.05) is 13.1 Å². The molecule has 1 aromatic carbocycles. The molecule has 1 saturated heterocycles. The van der Waals surface area contributed by atoms with Crippen molar-refractivity contribution in [1.82, 2.24) is 29.9 Å². The highest BCUT2D eigenvalue weighted by atomic mass is 16.4. The van der Waals surface area contributed by atoms with Gasteiger partial charge in [-0.2, -0.15) is 5.10 Å². The fraction of sp³-hybridized carbons (Fsp3) is 0.444. The van der Waals surface area contributed by atoms with Gasteiger partial charge in [-0.1, -0.05) is 18.2 Å². The van der Waals surface area contributed by atoms with Crippen molar-refractivity contribution in [1.29, 1.82) is 0 Å². The summed E-state index contributed by atoms with van der Waals surface area (Å²) in [6, 6.07) is 10.0. The van der Waals surface area contributed by atoms with Crippen LogP contribution < -0.4 is 0 Å². The minimum Gasteiger partial charge on any atom is -0.419 e. The van der Waals surface area contributed by atoms with Crippen molar-refractivity contribution in [3.05, 3.63) is 48.9 Å². The molecule has 25 heavy (non-hydrogen) atoms. The van der Waals surface area contributed by atoms with E-state index in [4.69, 9.17) is 4.42 Å². The molecule has 4 rings (SSSR count). The summed E-state index contributed by atoms with van der Waals surface area (Å²) in [5, 5.41) is 12.7. The highest BCUT2D eigenvalue weighted by Crippen LogP contribution is 2.28. The lowest BCUT2D eigenvalue weighted by Gasteiger charge is -2.35. The third-order valence-electron chi connectivity index (χ3n) is 4.83. The number of piperidine rings is 1. The number of rotatable bonds is 5. The van der Waals surface area contributed by atoms with Gasteiger partial charge in [0.15, 0.2) is 0 Å². The van der Waals surface area contributed by atoms with Crippen LogP contribution in [0.25, 0.3) is 11.5 Å². The van der Waals surface area contributed by atoms with Crippen molar-refractivity contribution >= 4 is 0 Å². The molecule has 2 aromatic heterocycles. The Morgan fingerprint density at radius 3 is 2.92 bits per heavy atom. The molecule has 1 aliphatic heterocycles. The summed E-state index contributed by atoms with van der Waals surface area (Å²) in [6.45, 7) is 5.10. The van der Waals surface area contributed by atoms with E-state index in [9.17, 15) is 0 Å². The Bertz CT molecular complexity index is 785. The zero-order valence-corrected chi connectivity index (χ0v) is 14.3. The topological polar surface area (TPSA) is 72.9 Å². The molecule has 0 amide bonds. The molecule has 3 aromatic rings. The lowest BCUT2D eigenvalue weighted by atomic mass is 9.97. The van der Waals surface area contributed by atoms with E-state index in [1.165, 1.54) is 12.8 Å². The summed E-state index contributed by atoms with van der Waals surface area (Å²) in [5.41, 5.74) is 0.955. The minimum absolute atomic E-state index is 0.114. The molecule has 7 nitrogen and oxygen atoms in total. The van der Waals surface area contributed by atoms with E-state index in [1.54, 1.807) is 12.7 Å². The van der Waals surface area contributed by atoms with Crippen LogP contribution in [-0.4, -0.2) is 43.0 Å². The maximum absolute atomic E-state index is 5.93. The number of aromatic nitrogens is 5. The zero-order valence-electron chi connectivity index (χ0n) is 14.3. The Balaban J connectivity index is 1.43. The van der Waals surface area contributed by atoms with E-state index in [-0.39, 0.29) is 6.04 Å². The van der Waals surface area contributed by atoms with Crippen molar-refractivity contribution in [2.45, 2.75) is 32.4 Å². The third kappa shape index (κ3) is 3.61. The average molecular weight is 338 g/mol. The first-order valence-electron chi connectivity index (χ1n) is 8.75. The van der Waals surface area contributed by atoms with Crippen LogP contribution in [0.4, 0.5) is 0 Å². The molecule has 0 unspecified atom stereocenters. The van der Waals surface area contributed by atoms with E-state index in [0.29, 0.717) is 17.7 Å². The van der Waals surface area contributed by atoms with E-state index >= 15 is 0 Å². The first-order chi connectivity index (χ1) is 12.3. The van der Waals surface area contributed by atoms with Crippen LogP contribution in [-0.2, 0) is 6.54 Å². The maximum Gasteiger partial charge on any atom is 0.247 e. The van der Waals surface area contributed by atoms with Gasteiger partial charge in [0.25, 0.3) is 0 Å². The van der Waals surface area contributed by atoms with Crippen LogP contribution in [0.2, 0.25) is 0 Å². The van der Waals surface area contributed by atoms with Gasteiger partial charge in [0.05, 0.1) is 6.04 Å². The quantitative estimate of drug-likeness (QED) is 0.712. The molecule has 1 aliphatic rings. The van der Waals surface area contributed by atoms with E-state index in [2.05, 4.69) is 32.1 Å². The van der Waals surface area contributed by atoms with Crippen molar-refractivity contribution in [3.8, 4) is 11.5 Å². The predicted octanol–water partition coefficient (Wildman–Crippen LogP) is 2.80. The normalized spacial score (nSPS) is 19.8. The molecule has 0 radical (unpaired) electrons. The Hall–Kier alpha value is -2.54. The molecule has 0 bridgehead atoms. The first kappa shape index (κ1) is 16.0. The van der Waals surface area contributed by atoms with Crippen molar-refractivity contribution in [2.24, 2.45) is 5.92 Å². The molecule has 7 heteroatoms. The van der Waals surface area contributed by atoms with Crippen LogP contribution in [0.3, 0.4) is 0 Å². The number of hydrogen-bond acceptors (Lipinski definition) is 6. The second kappa shape index (κ2) is 7.14. The zero-order chi connectivity index (χ0) is 17.1. The standard InChI is InChI=1S/C18H22N6O/c1-14(17-21-22-18(25-17)16-7-3-2-4-8-16)23-9-5-6-15(10-23)11-24-13-19-12-20-24/h2-4,7-8,12-15H,5-6,9-11H2,1H3/t14-,15+/m1/s1. The number of likely N-dealkylation sites (tertiary alicyclic amines) is 1. The van der Waals surface area contributed by atoms with E-state index < -0.39 is 0 Å². The van der Waals surface area contributed by atoms with Crippen LogP contribution in [0, 0.1) is 5.92 Å². The number of hydrogen-bond donors (Lipinski definition) is 0. The summed E-state index contributed by atoms with van der Waals surface area (Å²) in [6.07, 6.45) is 5.75. The molecule has 0 aliphatic carbocycles. The highest BCUT2D eigenvalue weighted by molar-refractivity contribution is 5.51. The van der Waals surface area contributed by atoms with Crippen LogP contribution >= 0.6 is 0 Å². The Kier molecular flexibility index (Phi) is 4.56. The minimum atomic E-state index is 0.114. The lowest BCUT2D eigenvalue weighted by molar-refractivity contribution is 0.107. The van der Waals surface area contributed by atoms with Crippen molar-refractivity contribution < 1.29 is 4.42 Å². The van der Waals surface area contributed by atoms with Crippen molar-refractivity contribution in [3.63, 3.8) is 0 Å². The van der Waals surface area contributed by atoms with Gasteiger partial charge >= 0.3 is 0 Å². The molecule has 0 spiro atoms. The van der Waals surface area contributed by atoms with Gasteiger partial charge in [-0.25, -0.2) is 4.98 Å². The lowest BCUT2D eigenvalue weighted by Crippen LogP contribution is -2.38. The highest BCUT2D eigenvalue weighted by Gasteiger charge is 2.27. The molecule has 0 saturated carbocycles. The second-order valence-corrected chi connectivity index (χ2v) is 6.61. The molecular weight excluding hydrogens is 316 g/mol. The summed E-state index contributed by atoms with van der Waals surface area (Å²) >= 11 is 0. The maximum atomic E-state index is 5.93. The summed E-state index contributed by atoms with van der Waals surface area (Å²) in [5.74, 6) is 1.83. The van der Waals surface area contributed by atoms with Gasteiger partial charge in [0.1, 0.15) is 12.7 Å². The predicted molar refractivity (Wildman–Crippen MR) is 92.5 cm³/mol. The van der Waals surface area contributed by atoms with Gasteiger partial charge in [-0.3, -0.25) is 9.58 Å². The fourth-order valence-corrected chi connectivity index (χ4v) is 3.45. The number of nitrogens with zero attached hydrogens (tertiary/aromatic N) is 6. The van der Waals surface area contributed by atoms with Crippen LogP contribution in [0.5, 0.6) is 0 Å². The first-order valence-corrected chi connectivity index (χ1v) is 8.75. The van der Waals surface area contributed by atoms with Crippen LogP contribution in [0.1, 0.15) is 31.7 Å². The van der Waals surface area contributed by atoms with E-state index in [1.807, 2.05) is 35.0 Å². The van der Waals surface area contributed by atoms with Crippen LogP contribution in [0.15, 0.2) is 47.4 Å². The summed E-state index contributed by atoms with van der Waals surface area (Å²) < 4.78 is 7.85. The summed E-state index contributed by atoms with van der Waals surface area (Å²) in [7, 11) is 0. The molecule has 0 N–H and O–H groups in total. The monoisotopic (exact) mass is 338 g/mol. The molecule has 2 atom stereocenters. The molecule has 130 valence electrons. The summed E-state index contributed by atoms with van der Waals surface area (Å²) in [4.78, 5) is 6.45. The third-order valence-corrected chi connectivity index (χ3v) is 4.83.